The van der Waals surface area contributed by atoms with Crippen LogP contribution in [-0.4, -0.2) is 35.8 Å². The molecule has 0 bridgehead atoms. The molecule has 0 radical (unpaired) electrons. The van der Waals surface area contributed by atoms with Crippen LogP contribution in [0.2, 0.25) is 0 Å². The highest BCUT2D eigenvalue weighted by molar-refractivity contribution is 5.90. The molecule has 3 aromatic rings. The molecule has 0 spiro atoms. The number of amides is 1. The summed E-state index contributed by atoms with van der Waals surface area (Å²) in [5, 5.41) is 5.22. The number of aromatic nitrogens is 1. The quantitative estimate of drug-likeness (QED) is 0.405. The fourth-order valence-electron chi connectivity index (χ4n) is 4.35. The monoisotopic (exact) mass is 527 g/mol. The van der Waals surface area contributed by atoms with Gasteiger partial charge >= 0.3 is 18.3 Å². The standard InChI is InChI=1S/C25H23F6N3O3/c26-24(27,28)19-12-17(13-20(14-19)25(29,30)31)15-36-16-23(18-4-2-1-3-5-18)7-10-34(11-8-23)33-22(35)21-6-9-32-37-21/h1-6,9,12-14H,7-8,10-11,15-16H2,(H,33,35). The Morgan fingerprint density at radius 1 is 0.973 bits per heavy atom. The highest BCUT2D eigenvalue weighted by atomic mass is 19.4. The van der Waals surface area contributed by atoms with Crippen LogP contribution in [0.15, 0.2) is 65.3 Å². The number of piperidine rings is 1. The number of alkyl halides is 6. The molecule has 6 nitrogen and oxygen atoms in total. The number of carbonyl (C=O) groups is 1. The first-order valence-electron chi connectivity index (χ1n) is 11.3. The average molecular weight is 527 g/mol. The lowest BCUT2D eigenvalue weighted by Crippen LogP contribution is -2.51. The summed E-state index contributed by atoms with van der Waals surface area (Å²) in [4.78, 5) is 12.3. The highest BCUT2D eigenvalue weighted by Crippen LogP contribution is 2.38. The van der Waals surface area contributed by atoms with Crippen LogP contribution in [-0.2, 0) is 29.1 Å². The van der Waals surface area contributed by atoms with E-state index in [0.29, 0.717) is 38.1 Å². The van der Waals surface area contributed by atoms with Gasteiger partial charge in [-0.25, -0.2) is 5.01 Å². The number of nitrogens with zero attached hydrogens (tertiary/aromatic N) is 2. The Hall–Kier alpha value is -3.38. The van der Waals surface area contributed by atoms with E-state index in [9.17, 15) is 31.1 Å². The molecule has 198 valence electrons. The number of nitrogens with one attached hydrogen (secondary N) is 1. The molecule has 4 rings (SSSR count). The predicted octanol–water partition coefficient (Wildman–Crippen LogP) is 5.61. The number of rotatable bonds is 7. The van der Waals surface area contributed by atoms with Crippen molar-refractivity contribution in [1.82, 2.24) is 15.6 Å². The molecule has 12 heteroatoms. The second-order valence-electron chi connectivity index (χ2n) is 8.86. The van der Waals surface area contributed by atoms with Crippen LogP contribution >= 0.6 is 0 Å². The Balaban J connectivity index is 1.47. The highest BCUT2D eigenvalue weighted by Gasteiger charge is 2.39. The third-order valence-electron chi connectivity index (χ3n) is 6.32. The normalized spacial score (nSPS) is 16.5. The molecule has 1 N–H and O–H groups in total. The van der Waals surface area contributed by atoms with Crippen LogP contribution in [0.4, 0.5) is 26.3 Å². The van der Waals surface area contributed by atoms with E-state index in [1.165, 1.54) is 12.3 Å². The predicted molar refractivity (Wildman–Crippen MR) is 119 cm³/mol. The summed E-state index contributed by atoms with van der Waals surface area (Å²) in [6, 6.07) is 12.2. The molecule has 0 atom stereocenters. The molecule has 1 fully saturated rings. The Morgan fingerprint density at radius 2 is 1.59 bits per heavy atom. The lowest BCUT2D eigenvalue weighted by Gasteiger charge is -2.42. The van der Waals surface area contributed by atoms with Gasteiger partial charge in [-0.1, -0.05) is 35.5 Å². The van der Waals surface area contributed by atoms with Crippen LogP contribution in [0.3, 0.4) is 0 Å². The number of hydrogen-bond donors (Lipinski definition) is 1. The zero-order valence-corrected chi connectivity index (χ0v) is 19.4. The molecule has 2 aromatic carbocycles. The second-order valence-corrected chi connectivity index (χ2v) is 8.86. The van der Waals surface area contributed by atoms with Crippen molar-refractivity contribution in [2.45, 2.75) is 37.2 Å². The van der Waals surface area contributed by atoms with Crippen LogP contribution in [0.25, 0.3) is 0 Å². The lowest BCUT2D eigenvalue weighted by molar-refractivity contribution is -0.143. The minimum Gasteiger partial charge on any atom is -0.376 e. The van der Waals surface area contributed by atoms with E-state index in [4.69, 9.17) is 9.26 Å². The van der Waals surface area contributed by atoms with Gasteiger partial charge in [0.15, 0.2) is 0 Å². The zero-order valence-electron chi connectivity index (χ0n) is 19.4. The fourth-order valence-corrected chi connectivity index (χ4v) is 4.35. The van der Waals surface area contributed by atoms with Gasteiger partial charge in [0.1, 0.15) is 0 Å². The van der Waals surface area contributed by atoms with Crippen LogP contribution in [0, 0.1) is 0 Å². The summed E-state index contributed by atoms with van der Waals surface area (Å²) < 4.78 is 89.8. The minimum absolute atomic E-state index is 0.0579. The van der Waals surface area contributed by atoms with Gasteiger partial charge < -0.3 is 9.26 Å². The van der Waals surface area contributed by atoms with E-state index in [1.54, 1.807) is 5.01 Å². The molecule has 37 heavy (non-hydrogen) atoms. The van der Waals surface area contributed by atoms with Gasteiger partial charge in [-0.05, 0) is 42.2 Å². The van der Waals surface area contributed by atoms with Gasteiger partial charge in [-0.3, -0.25) is 10.2 Å². The molecule has 1 aliphatic rings. The molecule has 2 heterocycles. The second kappa shape index (κ2) is 10.5. The number of carbonyl (C=O) groups excluding carboxylic acids is 1. The Kier molecular flexibility index (Phi) is 7.60. The molecular weight excluding hydrogens is 504 g/mol. The maximum atomic E-state index is 13.2. The van der Waals surface area contributed by atoms with Gasteiger partial charge in [-0.15, -0.1) is 0 Å². The van der Waals surface area contributed by atoms with E-state index in [-0.39, 0.29) is 24.0 Å². The van der Waals surface area contributed by atoms with E-state index in [2.05, 4.69) is 10.6 Å². The Morgan fingerprint density at radius 3 is 2.14 bits per heavy atom. The molecular formula is C25H23F6N3O3. The molecule has 0 saturated carbocycles. The average Bonchev–Trinajstić information content (AvgIpc) is 3.40. The van der Waals surface area contributed by atoms with Crippen molar-refractivity contribution in [1.29, 1.82) is 0 Å². The minimum atomic E-state index is -4.93. The summed E-state index contributed by atoms with van der Waals surface area (Å²) in [7, 11) is 0. The number of ether oxygens (including phenoxy) is 1. The maximum Gasteiger partial charge on any atom is 0.416 e. The fraction of sp³-hybridized carbons (Fsp3) is 0.360. The van der Waals surface area contributed by atoms with E-state index in [0.717, 1.165) is 5.56 Å². The van der Waals surface area contributed by atoms with E-state index in [1.807, 2.05) is 30.3 Å². The smallest absolute Gasteiger partial charge is 0.376 e. The molecule has 1 aliphatic heterocycles. The molecule has 1 saturated heterocycles. The summed E-state index contributed by atoms with van der Waals surface area (Å²) >= 11 is 0. The first kappa shape index (κ1) is 26.7. The van der Waals surface area contributed by atoms with E-state index >= 15 is 0 Å². The number of hydrazine groups is 1. The number of halogens is 6. The van der Waals surface area contributed by atoms with Crippen molar-refractivity contribution in [3.63, 3.8) is 0 Å². The third-order valence-corrected chi connectivity index (χ3v) is 6.32. The van der Waals surface area contributed by atoms with Crippen LogP contribution < -0.4 is 5.43 Å². The largest absolute Gasteiger partial charge is 0.416 e. The van der Waals surface area contributed by atoms with Gasteiger partial charge in [0, 0.05) is 24.6 Å². The molecule has 0 aliphatic carbocycles. The summed E-state index contributed by atoms with van der Waals surface area (Å²) in [5.41, 5.74) is 0.134. The van der Waals surface area contributed by atoms with Gasteiger partial charge in [0.05, 0.1) is 30.5 Å². The number of benzene rings is 2. The van der Waals surface area contributed by atoms with Crippen LogP contribution in [0.5, 0.6) is 0 Å². The van der Waals surface area contributed by atoms with Crippen molar-refractivity contribution in [2.75, 3.05) is 19.7 Å². The summed E-state index contributed by atoms with van der Waals surface area (Å²) in [6.45, 7) is 0.506. The zero-order chi connectivity index (χ0) is 26.7. The summed E-state index contributed by atoms with van der Waals surface area (Å²) in [5.74, 6) is -0.395. The van der Waals surface area contributed by atoms with Gasteiger partial charge in [0.2, 0.25) is 5.76 Å². The van der Waals surface area contributed by atoms with Crippen molar-refractivity contribution < 1.29 is 40.4 Å². The molecule has 1 aromatic heterocycles. The first-order chi connectivity index (χ1) is 17.5. The SMILES string of the molecule is O=C(NN1CCC(COCc2cc(C(F)(F)F)cc(C(F)(F)F)c2)(c2ccccc2)CC1)c1ccno1. The van der Waals surface area contributed by atoms with Crippen molar-refractivity contribution in [2.24, 2.45) is 0 Å². The first-order valence-corrected chi connectivity index (χ1v) is 11.3. The third kappa shape index (κ3) is 6.50. The van der Waals surface area contributed by atoms with E-state index < -0.39 is 41.4 Å². The topological polar surface area (TPSA) is 67.6 Å². The van der Waals surface area contributed by atoms with Gasteiger partial charge in [-0.2, -0.15) is 26.3 Å². The Labute approximate surface area is 208 Å². The molecule has 0 unspecified atom stereocenters. The number of hydrogen-bond acceptors (Lipinski definition) is 5. The maximum absolute atomic E-state index is 13.2. The van der Waals surface area contributed by atoms with Crippen molar-refractivity contribution >= 4 is 5.91 Å². The van der Waals surface area contributed by atoms with Crippen LogP contribution in [0.1, 0.15) is 45.7 Å². The Bertz CT molecular complexity index is 1160. The van der Waals surface area contributed by atoms with Crippen molar-refractivity contribution in [3.05, 3.63) is 88.8 Å². The van der Waals surface area contributed by atoms with Gasteiger partial charge in [0.25, 0.3) is 0 Å². The summed E-state index contributed by atoms with van der Waals surface area (Å²) in [6.07, 6.45) is -7.46. The lowest BCUT2D eigenvalue weighted by atomic mass is 9.73. The molecule has 1 amide bonds. The van der Waals surface area contributed by atoms with Crippen molar-refractivity contribution in [3.8, 4) is 0 Å².